The lowest BCUT2D eigenvalue weighted by molar-refractivity contribution is -0.121. The standard InChI is InChI=1S/C32H28N4O4/c1-21-14-15-24(16-22(21)2)34-31(38)20-40-25-9-7-8-23(17-25)18-33-35-30(37)19-36-28-12-5-3-10-26(28)32(39)27-11-4-6-13-29(27)36/h3-18H,19-20H2,1-2H3,(H,34,38)(H,35,37)/b33-18+. The van der Waals surface area contributed by atoms with Crippen LogP contribution in [0.2, 0.25) is 0 Å². The summed E-state index contributed by atoms with van der Waals surface area (Å²) in [5.74, 6) is -0.112. The molecule has 0 aliphatic heterocycles. The quantitative estimate of drug-likeness (QED) is 0.168. The highest BCUT2D eigenvalue weighted by molar-refractivity contribution is 5.95. The van der Waals surface area contributed by atoms with Crippen LogP contribution < -0.4 is 20.9 Å². The van der Waals surface area contributed by atoms with Crippen LogP contribution in [-0.2, 0) is 16.1 Å². The van der Waals surface area contributed by atoms with E-state index in [1.807, 2.05) is 73.0 Å². The van der Waals surface area contributed by atoms with Crippen LogP contribution >= 0.6 is 0 Å². The molecule has 0 fully saturated rings. The van der Waals surface area contributed by atoms with Crippen molar-refractivity contribution in [2.75, 3.05) is 11.9 Å². The highest BCUT2D eigenvalue weighted by atomic mass is 16.5. The SMILES string of the molecule is Cc1ccc(NC(=O)COc2cccc(/C=N/NC(=O)Cn3c4ccccc4c(=O)c4ccccc43)c2)cc1C. The summed E-state index contributed by atoms with van der Waals surface area (Å²) in [5.41, 5.74) is 7.50. The Morgan fingerprint density at radius 2 is 1.52 bits per heavy atom. The van der Waals surface area contributed by atoms with E-state index in [-0.39, 0.29) is 30.4 Å². The number of hydrogen-bond acceptors (Lipinski definition) is 5. The number of anilines is 1. The largest absolute Gasteiger partial charge is 0.484 e. The molecule has 2 amide bonds. The van der Waals surface area contributed by atoms with Crippen molar-refractivity contribution in [3.63, 3.8) is 0 Å². The Bertz CT molecular complexity index is 1760. The van der Waals surface area contributed by atoms with Gasteiger partial charge >= 0.3 is 0 Å². The number of benzene rings is 4. The summed E-state index contributed by atoms with van der Waals surface area (Å²) in [6.45, 7) is 3.84. The van der Waals surface area contributed by atoms with Crippen LogP contribution in [0.25, 0.3) is 21.8 Å². The van der Waals surface area contributed by atoms with Crippen LogP contribution in [0.3, 0.4) is 0 Å². The zero-order valence-corrected chi connectivity index (χ0v) is 22.2. The fourth-order valence-electron chi connectivity index (χ4n) is 4.45. The van der Waals surface area contributed by atoms with E-state index in [4.69, 9.17) is 4.74 Å². The first-order valence-corrected chi connectivity index (χ1v) is 12.8. The second-order valence-electron chi connectivity index (χ2n) is 9.45. The van der Waals surface area contributed by atoms with Gasteiger partial charge in [-0.25, -0.2) is 5.43 Å². The van der Waals surface area contributed by atoms with Gasteiger partial charge in [0.25, 0.3) is 11.8 Å². The topological polar surface area (TPSA) is 102 Å². The third kappa shape index (κ3) is 5.91. The molecule has 8 heteroatoms. The van der Waals surface area contributed by atoms with Crippen molar-refractivity contribution in [2.45, 2.75) is 20.4 Å². The molecule has 0 bridgehead atoms. The molecule has 200 valence electrons. The number of rotatable bonds is 8. The Balaban J connectivity index is 1.21. The average molecular weight is 533 g/mol. The van der Waals surface area contributed by atoms with Crippen LogP contribution in [0, 0.1) is 13.8 Å². The molecule has 1 heterocycles. The highest BCUT2D eigenvalue weighted by Gasteiger charge is 2.12. The highest BCUT2D eigenvalue weighted by Crippen LogP contribution is 2.19. The second-order valence-corrected chi connectivity index (χ2v) is 9.45. The molecule has 4 aromatic carbocycles. The smallest absolute Gasteiger partial charge is 0.262 e. The lowest BCUT2D eigenvalue weighted by Gasteiger charge is -2.14. The lowest BCUT2D eigenvalue weighted by atomic mass is 10.1. The first-order valence-electron chi connectivity index (χ1n) is 12.8. The molecule has 0 spiro atoms. The number of carbonyl (C=O) groups is 2. The fourth-order valence-corrected chi connectivity index (χ4v) is 4.45. The van der Waals surface area contributed by atoms with Gasteiger partial charge in [0.1, 0.15) is 12.3 Å². The molecule has 8 nitrogen and oxygen atoms in total. The van der Waals surface area contributed by atoms with Crippen LogP contribution in [0.1, 0.15) is 16.7 Å². The number of ether oxygens (including phenoxy) is 1. The maximum atomic E-state index is 12.9. The molecular weight excluding hydrogens is 504 g/mol. The van der Waals surface area contributed by atoms with Crippen molar-refractivity contribution in [3.8, 4) is 5.75 Å². The van der Waals surface area contributed by atoms with E-state index < -0.39 is 0 Å². The van der Waals surface area contributed by atoms with Crippen molar-refractivity contribution >= 4 is 45.5 Å². The van der Waals surface area contributed by atoms with E-state index in [0.717, 1.165) is 16.8 Å². The van der Waals surface area contributed by atoms with Gasteiger partial charge in [-0.3, -0.25) is 14.4 Å². The molecule has 40 heavy (non-hydrogen) atoms. The predicted octanol–water partition coefficient (Wildman–Crippen LogP) is 4.94. The maximum absolute atomic E-state index is 12.9. The first-order chi connectivity index (χ1) is 19.4. The molecule has 0 unspecified atom stereocenters. The average Bonchev–Trinajstić information content (AvgIpc) is 2.96. The minimum absolute atomic E-state index is 0.0165. The van der Waals surface area contributed by atoms with Crippen LogP contribution in [0.5, 0.6) is 5.75 Å². The molecule has 2 N–H and O–H groups in total. The number of fused-ring (bicyclic) bond motifs is 2. The third-order valence-corrected chi connectivity index (χ3v) is 6.60. The Morgan fingerprint density at radius 1 is 0.825 bits per heavy atom. The minimum Gasteiger partial charge on any atom is -0.484 e. The normalized spacial score (nSPS) is 11.2. The van der Waals surface area contributed by atoms with Gasteiger partial charge in [0.2, 0.25) is 0 Å². The molecule has 0 atom stereocenters. The number of hydrogen-bond donors (Lipinski definition) is 2. The van der Waals surface area contributed by atoms with Gasteiger partial charge in [-0.2, -0.15) is 5.10 Å². The van der Waals surface area contributed by atoms with Crippen LogP contribution in [-0.4, -0.2) is 29.2 Å². The Kier molecular flexibility index (Phi) is 7.68. The zero-order chi connectivity index (χ0) is 28.1. The van der Waals surface area contributed by atoms with Gasteiger partial charge in [0, 0.05) is 16.5 Å². The lowest BCUT2D eigenvalue weighted by Crippen LogP contribution is -2.25. The van der Waals surface area contributed by atoms with Crippen molar-refractivity contribution in [3.05, 3.63) is 118 Å². The van der Waals surface area contributed by atoms with Gasteiger partial charge in [-0.05, 0) is 79.1 Å². The Labute approximate surface area is 230 Å². The number of pyridine rings is 1. The van der Waals surface area contributed by atoms with Gasteiger partial charge < -0.3 is 14.6 Å². The zero-order valence-electron chi connectivity index (χ0n) is 22.2. The minimum atomic E-state index is -0.342. The molecule has 5 rings (SSSR count). The molecule has 0 saturated carbocycles. The summed E-state index contributed by atoms with van der Waals surface area (Å²) in [5, 5.41) is 8.02. The van der Waals surface area contributed by atoms with Crippen molar-refractivity contribution in [1.82, 2.24) is 9.99 Å². The number of carbonyl (C=O) groups excluding carboxylic acids is 2. The molecule has 0 saturated heterocycles. The number of hydrazone groups is 1. The van der Waals surface area contributed by atoms with E-state index in [2.05, 4.69) is 15.8 Å². The first kappa shape index (κ1) is 26.4. The number of aryl methyl sites for hydroxylation is 2. The monoisotopic (exact) mass is 532 g/mol. The van der Waals surface area contributed by atoms with Crippen LogP contribution in [0.15, 0.2) is 101 Å². The molecule has 1 aromatic heterocycles. The summed E-state index contributed by atoms with van der Waals surface area (Å²) >= 11 is 0. The summed E-state index contributed by atoms with van der Waals surface area (Å²) in [6, 6.07) is 27.2. The number of amides is 2. The van der Waals surface area contributed by atoms with Crippen molar-refractivity contribution < 1.29 is 14.3 Å². The molecule has 5 aromatic rings. The van der Waals surface area contributed by atoms with Crippen LogP contribution in [0.4, 0.5) is 5.69 Å². The predicted molar refractivity (Wildman–Crippen MR) is 158 cm³/mol. The van der Waals surface area contributed by atoms with Gasteiger partial charge in [0.15, 0.2) is 12.0 Å². The Morgan fingerprint density at radius 3 is 2.23 bits per heavy atom. The summed E-state index contributed by atoms with van der Waals surface area (Å²) in [7, 11) is 0. The molecule has 0 radical (unpaired) electrons. The van der Waals surface area contributed by atoms with E-state index >= 15 is 0 Å². The molecular formula is C32H28N4O4. The number of aromatic nitrogens is 1. The molecule has 0 aliphatic carbocycles. The van der Waals surface area contributed by atoms with E-state index in [9.17, 15) is 14.4 Å². The van der Waals surface area contributed by atoms with E-state index in [1.54, 1.807) is 36.4 Å². The molecule has 0 aliphatic rings. The number of nitrogens with zero attached hydrogens (tertiary/aromatic N) is 2. The van der Waals surface area contributed by atoms with Crippen molar-refractivity contribution in [2.24, 2.45) is 5.10 Å². The summed E-state index contributed by atoms with van der Waals surface area (Å²) in [4.78, 5) is 38.0. The number of nitrogens with one attached hydrogen (secondary N) is 2. The fraction of sp³-hybridized carbons (Fsp3) is 0.125. The number of para-hydroxylation sites is 2. The van der Waals surface area contributed by atoms with Crippen molar-refractivity contribution in [1.29, 1.82) is 0 Å². The van der Waals surface area contributed by atoms with Gasteiger partial charge in [0.05, 0.1) is 17.2 Å². The second kappa shape index (κ2) is 11.7. The third-order valence-electron chi connectivity index (χ3n) is 6.60. The van der Waals surface area contributed by atoms with E-state index in [0.29, 0.717) is 33.1 Å². The summed E-state index contributed by atoms with van der Waals surface area (Å²) < 4.78 is 7.46. The van der Waals surface area contributed by atoms with Gasteiger partial charge in [-0.1, -0.05) is 42.5 Å². The summed E-state index contributed by atoms with van der Waals surface area (Å²) in [6.07, 6.45) is 1.50. The Hall–Kier alpha value is -5.24. The van der Waals surface area contributed by atoms with E-state index in [1.165, 1.54) is 6.21 Å². The maximum Gasteiger partial charge on any atom is 0.262 e. The van der Waals surface area contributed by atoms with Gasteiger partial charge in [-0.15, -0.1) is 0 Å².